The number of aromatic nitrogens is 3. The standard InChI is InChI=1S/C21H28F3N5O3/c1-5-6-7-12-25-17-27-18(29-19(28-17)31-13-21(22,23)24)26-15-10-8-14(9-11-15)16(30)32-20(2,3)4/h8-11H,5-7,12-13H2,1-4H3,(H2,25,26,27,28,29). The molecule has 0 atom stereocenters. The highest BCUT2D eigenvalue weighted by Crippen LogP contribution is 2.21. The van der Waals surface area contributed by atoms with Crippen molar-refractivity contribution in [1.29, 1.82) is 0 Å². The van der Waals surface area contributed by atoms with Gasteiger partial charge in [-0.2, -0.15) is 28.1 Å². The number of esters is 1. The Morgan fingerprint density at radius 2 is 1.66 bits per heavy atom. The lowest BCUT2D eigenvalue weighted by Crippen LogP contribution is -2.23. The first kappa shape index (κ1) is 25.2. The number of nitrogens with one attached hydrogen (secondary N) is 2. The fourth-order valence-electron chi connectivity index (χ4n) is 2.43. The van der Waals surface area contributed by atoms with Gasteiger partial charge in [0, 0.05) is 12.2 Å². The van der Waals surface area contributed by atoms with Crippen LogP contribution in [-0.2, 0) is 4.74 Å². The first-order valence-corrected chi connectivity index (χ1v) is 10.2. The lowest BCUT2D eigenvalue weighted by atomic mass is 10.1. The summed E-state index contributed by atoms with van der Waals surface area (Å²) >= 11 is 0. The van der Waals surface area contributed by atoms with Crippen LogP contribution in [0.3, 0.4) is 0 Å². The first-order valence-electron chi connectivity index (χ1n) is 10.2. The number of carbonyl (C=O) groups is 1. The van der Waals surface area contributed by atoms with Crippen LogP contribution in [0.2, 0.25) is 0 Å². The van der Waals surface area contributed by atoms with Crippen LogP contribution in [0, 0.1) is 0 Å². The fourth-order valence-corrected chi connectivity index (χ4v) is 2.43. The predicted molar refractivity (Wildman–Crippen MR) is 114 cm³/mol. The maximum absolute atomic E-state index is 12.5. The number of ether oxygens (including phenoxy) is 2. The molecule has 0 aliphatic heterocycles. The molecule has 0 fully saturated rings. The van der Waals surface area contributed by atoms with E-state index in [1.54, 1.807) is 45.0 Å². The van der Waals surface area contributed by atoms with E-state index in [0.29, 0.717) is 17.8 Å². The molecule has 0 saturated heterocycles. The largest absolute Gasteiger partial charge is 0.456 e. The van der Waals surface area contributed by atoms with Crippen LogP contribution < -0.4 is 15.4 Å². The smallest absolute Gasteiger partial charge is 0.422 e. The van der Waals surface area contributed by atoms with Gasteiger partial charge in [-0.1, -0.05) is 19.8 Å². The van der Waals surface area contributed by atoms with E-state index < -0.39 is 30.4 Å². The molecule has 2 N–H and O–H groups in total. The number of carbonyl (C=O) groups excluding carboxylic acids is 1. The predicted octanol–water partition coefficient (Wildman–Crippen LogP) is 5.11. The summed E-state index contributed by atoms with van der Waals surface area (Å²) < 4.78 is 47.6. The molecular weight excluding hydrogens is 427 g/mol. The Bertz CT molecular complexity index is 884. The summed E-state index contributed by atoms with van der Waals surface area (Å²) in [6.45, 7) is 6.41. The number of unbranched alkanes of at least 4 members (excludes halogenated alkanes) is 2. The van der Waals surface area contributed by atoms with Crippen molar-refractivity contribution < 1.29 is 27.4 Å². The second kappa shape index (κ2) is 11.0. The van der Waals surface area contributed by atoms with Crippen molar-refractivity contribution in [2.24, 2.45) is 0 Å². The van der Waals surface area contributed by atoms with Gasteiger partial charge >= 0.3 is 18.2 Å². The molecule has 0 unspecified atom stereocenters. The maximum atomic E-state index is 12.5. The Labute approximate surface area is 185 Å². The second-order valence-corrected chi connectivity index (χ2v) is 8.01. The van der Waals surface area contributed by atoms with E-state index in [9.17, 15) is 18.0 Å². The van der Waals surface area contributed by atoms with Gasteiger partial charge in [0.2, 0.25) is 11.9 Å². The Kier molecular flexibility index (Phi) is 8.62. The lowest BCUT2D eigenvalue weighted by Gasteiger charge is -2.19. The minimum absolute atomic E-state index is 0.000170. The molecule has 32 heavy (non-hydrogen) atoms. The third-order valence-corrected chi connectivity index (χ3v) is 3.82. The highest BCUT2D eigenvalue weighted by atomic mass is 19.4. The van der Waals surface area contributed by atoms with E-state index in [1.807, 2.05) is 0 Å². The fraction of sp³-hybridized carbons (Fsp3) is 0.524. The Morgan fingerprint density at radius 3 is 2.25 bits per heavy atom. The number of rotatable bonds is 10. The van der Waals surface area contributed by atoms with Gasteiger partial charge in [0.05, 0.1) is 5.56 Å². The molecule has 0 spiro atoms. The molecule has 8 nitrogen and oxygen atoms in total. The number of anilines is 3. The molecular formula is C21H28F3N5O3. The van der Waals surface area contributed by atoms with E-state index in [0.717, 1.165) is 19.3 Å². The highest BCUT2D eigenvalue weighted by molar-refractivity contribution is 5.90. The van der Waals surface area contributed by atoms with Crippen LogP contribution in [0.4, 0.5) is 30.8 Å². The van der Waals surface area contributed by atoms with E-state index in [2.05, 4.69) is 37.2 Å². The zero-order valence-corrected chi connectivity index (χ0v) is 18.5. The zero-order chi connectivity index (χ0) is 23.8. The van der Waals surface area contributed by atoms with Gasteiger partial charge in [-0.25, -0.2) is 4.79 Å². The van der Waals surface area contributed by atoms with Gasteiger partial charge in [0.25, 0.3) is 0 Å². The topological polar surface area (TPSA) is 98.3 Å². The summed E-state index contributed by atoms with van der Waals surface area (Å²) in [6, 6.07) is 5.87. The van der Waals surface area contributed by atoms with Gasteiger partial charge in [-0.3, -0.25) is 0 Å². The SMILES string of the molecule is CCCCCNc1nc(Nc2ccc(C(=O)OC(C)(C)C)cc2)nc(OCC(F)(F)F)n1. The van der Waals surface area contributed by atoms with Crippen molar-refractivity contribution in [1.82, 2.24) is 15.0 Å². The van der Waals surface area contributed by atoms with Gasteiger partial charge < -0.3 is 20.1 Å². The Balaban J connectivity index is 2.14. The summed E-state index contributed by atoms with van der Waals surface area (Å²) in [4.78, 5) is 24.1. The minimum Gasteiger partial charge on any atom is -0.456 e. The van der Waals surface area contributed by atoms with Crippen molar-refractivity contribution in [2.75, 3.05) is 23.8 Å². The first-order chi connectivity index (χ1) is 14.9. The van der Waals surface area contributed by atoms with E-state index in [1.165, 1.54) is 0 Å². The number of alkyl halides is 3. The molecule has 0 aliphatic rings. The van der Waals surface area contributed by atoms with Gasteiger partial charge in [-0.05, 0) is 51.5 Å². The van der Waals surface area contributed by atoms with Crippen molar-refractivity contribution in [3.63, 3.8) is 0 Å². The maximum Gasteiger partial charge on any atom is 0.422 e. The number of hydrogen-bond donors (Lipinski definition) is 2. The van der Waals surface area contributed by atoms with Gasteiger partial charge in [0.15, 0.2) is 6.61 Å². The molecule has 1 aromatic carbocycles. The van der Waals surface area contributed by atoms with Crippen LogP contribution in [0.15, 0.2) is 24.3 Å². The Hall–Kier alpha value is -3.11. The number of nitrogens with zero attached hydrogens (tertiary/aromatic N) is 3. The molecule has 176 valence electrons. The molecule has 0 bridgehead atoms. The summed E-state index contributed by atoms with van der Waals surface area (Å²) in [5.74, 6) is -0.369. The average Bonchev–Trinajstić information content (AvgIpc) is 2.68. The molecule has 2 rings (SSSR count). The number of benzene rings is 1. The van der Waals surface area contributed by atoms with Crippen molar-refractivity contribution in [3.05, 3.63) is 29.8 Å². The normalized spacial score (nSPS) is 11.7. The van der Waals surface area contributed by atoms with E-state index in [4.69, 9.17) is 4.74 Å². The molecule has 11 heteroatoms. The molecule has 1 aromatic heterocycles. The second-order valence-electron chi connectivity index (χ2n) is 8.01. The monoisotopic (exact) mass is 455 g/mol. The molecule has 1 heterocycles. The third-order valence-electron chi connectivity index (χ3n) is 3.82. The van der Waals surface area contributed by atoms with Crippen LogP contribution >= 0.6 is 0 Å². The van der Waals surface area contributed by atoms with Gasteiger partial charge in [0.1, 0.15) is 5.60 Å². The Morgan fingerprint density at radius 1 is 1.00 bits per heavy atom. The third kappa shape index (κ3) is 9.36. The molecule has 0 radical (unpaired) electrons. The van der Waals surface area contributed by atoms with Crippen molar-refractivity contribution in [2.45, 2.75) is 58.7 Å². The molecule has 2 aromatic rings. The summed E-state index contributed by atoms with van der Waals surface area (Å²) in [6.07, 6.45) is -1.65. The quantitative estimate of drug-likeness (QED) is 0.377. The summed E-state index contributed by atoms with van der Waals surface area (Å²) in [7, 11) is 0. The van der Waals surface area contributed by atoms with Crippen molar-refractivity contribution in [3.8, 4) is 6.01 Å². The van der Waals surface area contributed by atoms with Crippen molar-refractivity contribution >= 4 is 23.6 Å². The molecule has 0 aliphatic carbocycles. The molecule has 0 amide bonds. The highest BCUT2D eigenvalue weighted by Gasteiger charge is 2.29. The van der Waals surface area contributed by atoms with E-state index >= 15 is 0 Å². The zero-order valence-electron chi connectivity index (χ0n) is 18.5. The van der Waals surface area contributed by atoms with Gasteiger partial charge in [-0.15, -0.1) is 0 Å². The van der Waals surface area contributed by atoms with Crippen LogP contribution in [0.25, 0.3) is 0 Å². The minimum atomic E-state index is -4.52. The number of halogens is 3. The molecule has 0 saturated carbocycles. The lowest BCUT2D eigenvalue weighted by molar-refractivity contribution is -0.154. The summed E-state index contributed by atoms with van der Waals surface area (Å²) in [5.41, 5.74) is 0.252. The number of hydrogen-bond acceptors (Lipinski definition) is 8. The van der Waals surface area contributed by atoms with E-state index in [-0.39, 0.29) is 11.9 Å². The van der Waals surface area contributed by atoms with Crippen LogP contribution in [-0.4, -0.2) is 45.9 Å². The summed E-state index contributed by atoms with van der Waals surface area (Å²) in [5, 5.41) is 5.85. The van der Waals surface area contributed by atoms with Crippen LogP contribution in [0.5, 0.6) is 6.01 Å². The van der Waals surface area contributed by atoms with Crippen LogP contribution in [0.1, 0.15) is 57.3 Å². The average molecular weight is 455 g/mol.